The second kappa shape index (κ2) is 3.77. The van der Waals surface area contributed by atoms with Crippen LogP contribution in [0, 0.1) is 6.92 Å². The smallest absolute Gasteiger partial charge is 0.142 e. The Morgan fingerprint density at radius 1 is 1.35 bits per heavy atom. The molecule has 0 bridgehead atoms. The lowest BCUT2D eigenvalue weighted by Crippen LogP contribution is -2.25. The van der Waals surface area contributed by atoms with Gasteiger partial charge in [-0.3, -0.25) is 0 Å². The molecule has 1 unspecified atom stereocenters. The molecule has 17 heavy (non-hydrogen) atoms. The van der Waals surface area contributed by atoms with Crippen molar-refractivity contribution in [2.45, 2.75) is 25.8 Å². The molecule has 1 aliphatic rings. The van der Waals surface area contributed by atoms with Crippen LogP contribution in [-0.4, -0.2) is 25.2 Å². The van der Waals surface area contributed by atoms with Crippen LogP contribution in [-0.2, 0) is 12.8 Å². The maximum atomic E-state index is 5.43. The summed E-state index contributed by atoms with van der Waals surface area (Å²) < 4.78 is 5.43. The van der Waals surface area contributed by atoms with E-state index in [1.54, 1.807) is 7.11 Å². The molecule has 3 rings (SSSR count). The number of benzene rings is 1. The Morgan fingerprint density at radius 2 is 2.18 bits per heavy atom. The van der Waals surface area contributed by atoms with Gasteiger partial charge in [-0.1, -0.05) is 6.07 Å². The van der Waals surface area contributed by atoms with Gasteiger partial charge < -0.3 is 15.0 Å². The van der Waals surface area contributed by atoms with Gasteiger partial charge in [-0.2, -0.15) is 0 Å². The molecule has 0 radical (unpaired) electrons. The van der Waals surface area contributed by atoms with E-state index in [-0.39, 0.29) is 0 Å². The molecule has 3 nitrogen and oxygen atoms in total. The molecule has 90 valence electrons. The van der Waals surface area contributed by atoms with Crippen LogP contribution in [0.1, 0.15) is 16.8 Å². The van der Waals surface area contributed by atoms with Crippen molar-refractivity contribution in [3.63, 3.8) is 0 Å². The molecule has 0 fully saturated rings. The maximum Gasteiger partial charge on any atom is 0.142 e. The van der Waals surface area contributed by atoms with Crippen molar-refractivity contribution in [2.24, 2.45) is 0 Å². The molecular formula is C14H18N2O. The minimum Gasteiger partial charge on any atom is -0.495 e. The van der Waals surface area contributed by atoms with Crippen LogP contribution < -0.4 is 10.1 Å². The summed E-state index contributed by atoms with van der Waals surface area (Å²) in [5.74, 6) is 0.945. The third-order valence-corrected chi connectivity index (χ3v) is 3.85. The zero-order valence-corrected chi connectivity index (χ0v) is 10.6. The summed E-state index contributed by atoms with van der Waals surface area (Å²) in [5.41, 5.74) is 5.32. The fourth-order valence-corrected chi connectivity index (χ4v) is 2.92. The molecule has 3 heteroatoms. The van der Waals surface area contributed by atoms with Crippen LogP contribution in [0.2, 0.25) is 0 Å². The van der Waals surface area contributed by atoms with Crippen LogP contribution in [0.5, 0.6) is 5.75 Å². The minimum atomic E-state index is 0.575. The summed E-state index contributed by atoms with van der Waals surface area (Å²) in [6.07, 6.45) is 2.20. The molecule has 2 aromatic rings. The van der Waals surface area contributed by atoms with E-state index in [1.165, 1.54) is 22.2 Å². The lowest BCUT2D eigenvalue weighted by molar-refractivity contribution is 0.419. The Hall–Kier alpha value is -1.48. The molecule has 0 saturated carbocycles. The Kier molecular flexibility index (Phi) is 2.37. The number of hydrogen-bond donors (Lipinski definition) is 2. The fourth-order valence-electron chi connectivity index (χ4n) is 2.92. The number of H-pyrrole nitrogens is 1. The first-order chi connectivity index (χ1) is 8.24. The molecule has 1 heterocycles. The number of aromatic nitrogens is 1. The lowest BCUT2D eigenvalue weighted by Gasteiger charge is -2.09. The van der Waals surface area contributed by atoms with E-state index in [1.807, 2.05) is 13.1 Å². The van der Waals surface area contributed by atoms with Crippen molar-refractivity contribution in [3.8, 4) is 5.75 Å². The van der Waals surface area contributed by atoms with Gasteiger partial charge in [-0.05, 0) is 37.6 Å². The number of nitrogens with one attached hydrogen (secondary N) is 2. The van der Waals surface area contributed by atoms with Gasteiger partial charge in [-0.15, -0.1) is 0 Å². The largest absolute Gasteiger partial charge is 0.495 e. The topological polar surface area (TPSA) is 37.0 Å². The molecule has 0 amide bonds. The third kappa shape index (κ3) is 1.46. The highest BCUT2D eigenvalue weighted by atomic mass is 16.5. The van der Waals surface area contributed by atoms with E-state index in [4.69, 9.17) is 4.74 Å². The van der Waals surface area contributed by atoms with Crippen LogP contribution >= 0.6 is 0 Å². The molecule has 1 aromatic heterocycles. The molecule has 0 aliphatic heterocycles. The van der Waals surface area contributed by atoms with Gasteiger partial charge in [0, 0.05) is 23.5 Å². The summed E-state index contributed by atoms with van der Waals surface area (Å²) in [7, 11) is 3.76. The summed E-state index contributed by atoms with van der Waals surface area (Å²) in [4.78, 5) is 3.54. The van der Waals surface area contributed by atoms with Gasteiger partial charge in [0.2, 0.25) is 0 Å². The highest BCUT2D eigenvalue weighted by molar-refractivity contribution is 5.93. The van der Waals surface area contributed by atoms with Gasteiger partial charge in [0.05, 0.1) is 12.6 Å². The number of aryl methyl sites for hydroxylation is 1. The van der Waals surface area contributed by atoms with Crippen molar-refractivity contribution in [1.29, 1.82) is 0 Å². The number of likely N-dealkylation sites (N-methyl/N-ethyl adjacent to an activating group) is 1. The Balaban J connectivity index is 2.23. The molecular weight excluding hydrogens is 212 g/mol. The maximum absolute atomic E-state index is 5.43. The van der Waals surface area contributed by atoms with Gasteiger partial charge in [0.15, 0.2) is 0 Å². The monoisotopic (exact) mass is 230 g/mol. The van der Waals surface area contributed by atoms with Crippen molar-refractivity contribution in [3.05, 3.63) is 29.0 Å². The number of ether oxygens (including phenoxy) is 1. The van der Waals surface area contributed by atoms with Crippen molar-refractivity contribution in [2.75, 3.05) is 14.2 Å². The number of aromatic amines is 1. The number of fused-ring (bicyclic) bond motifs is 3. The predicted octanol–water partition coefficient (Wildman–Crippen LogP) is 2.17. The van der Waals surface area contributed by atoms with Crippen LogP contribution in [0.15, 0.2) is 12.1 Å². The van der Waals surface area contributed by atoms with Crippen molar-refractivity contribution >= 4 is 10.9 Å². The molecule has 0 spiro atoms. The quantitative estimate of drug-likeness (QED) is 0.829. The second-order valence-corrected chi connectivity index (χ2v) is 4.81. The SMILES string of the molecule is CNC1Cc2[nH]c3c(OC)ccc(C)c3c2C1. The van der Waals surface area contributed by atoms with Crippen molar-refractivity contribution < 1.29 is 4.74 Å². The molecule has 1 atom stereocenters. The second-order valence-electron chi connectivity index (χ2n) is 4.81. The fraction of sp³-hybridized carbons (Fsp3) is 0.429. The lowest BCUT2D eigenvalue weighted by atomic mass is 10.0. The first-order valence-electron chi connectivity index (χ1n) is 6.09. The Bertz CT molecular complexity index is 571. The van der Waals surface area contributed by atoms with E-state index in [2.05, 4.69) is 23.3 Å². The van der Waals surface area contributed by atoms with E-state index in [0.29, 0.717) is 6.04 Å². The highest BCUT2D eigenvalue weighted by Crippen LogP contribution is 2.36. The van der Waals surface area contributed by atoms with Crippen LogP contribution in [0.4, 0.5) is 0 Å². The first kappa shape index (κ1) is 10.7. The van der Waals surface area contributed by atoms with E-state index >= 15 is 0 Å². The summed E-state index contributed by atoms with van der Waals surface area (Å²) in [6.45, 7) is 2.17. The van der Waals surface area contributed by atoms with Crippen molar-refractivity contribution in [1.82, 2.24) is 10.3 Å². The van der Waals surface area contributed by atoms with Gasteiger partial charge in [-0.25, -0.2) is 0 Å². The minimum absolute atomic E-state index is 0.575. The van der Waals surface area contributed by atoms with E-state index < -0.39 is 0 Å². The standard InChI is InChI=1S/C14H18N2O/c1-8-4-5-12(17-3)14-13(8)10-6-9(15-2)7-11(10)16-14/h4-5,9,15-16H,6-7H2,1-3H3. The van der Waals surface area contributed by atoms with Gasteiger partial charge in [0.25, 0.3) is 0 Å². The van der Waals surface area contributed by atoms with Crippen LogP contribution in [0.25, 0.3) is 10.9 Å². The van der Waals surface area contributed by atoms with Gasteiger partial charge >= 0.3 is 0 Å². The van der Waals surface area contributed by atoms with E-state index in [0.717, 1.165) is 24.1 Å². The average Bonchev–Trinajstić information content (AvgIpc) is 2.86. The number of methoxy groups -OCH3 is 1. The van der Waals surface area contributed by atoms with Gasteiger partial charge in [0.1, 0.15) is 5.75 Å². The number of rotatable bonds is 2. The molecule has 0 saturated heterocycles. The summed E-state index contributed by atoms with van der Waals surface area (Å²) in [6, 6.07) is 4.76. The normalized spacial score (nSPS) is 18.6. The zero-order chi connectivity index (χ0) is 12.0. The third-order valence-electron chi connectivity index (χ3n) is 3.85. The van der Waals surface area contributed by atoms with Crippen LogP contribution in [0.3, 0.4) is 0 Å². The van der Waals surface area contributed by atoms with E-state index in [9.17, 15) is 0 Å². The molecule has 1 aromatic carbocycles. The Labute approximate surface area is 101 Å². The first-order valence-corrected chi connectivity index (χ1v) is 6.09. The zero-order valence-electron chi connectivity index (χ0n) is 10.6. The average molecular weight is 230 g/mol. The molecule has 2 N–H and O–H groups in total. The highest BCUT2D eigenvalue weighted by Gasteiger charge is 2.26. The Morgan fingerprint density at radius 3 is 2.88 bits per heavy atom. The summed E-state index contributed by atoms with van der Waals surface area (Å²) in [5, 5.41) is 4.72. The summed E-state index contributed by atoms with van der Waals surface area (Å²) >= 11 is 0. The predicted molar refractivity (Wildman–Crippen MR) is 69.8 cm³/mol. The number of hydrogen-bond acceptors (Lipinski definition) is 2. The molecule has 1 aliphatic carbocycles.